The summed E-state index contributed by atoms with van der Waals surface area (Å²) in [7, 11) is 0. The van der Waals surface area contributed by atoms with Crippen LogP contribution in [0, 0.1) is 0 Å². The maximum atomic E-state index is 12.4. The minimum Gasteiger partial charge on any atom is -0.322 e. The van der Waals surface area contributed by atoms with Gasteiger partial charge in [0, 0.05) is 37.1 Å². The summed E-state index contributed by atoms with van der Waals surface area (Å²) in [6.07, 6.45) is 5.54. The lowest BCUT2D eigenvalue weighted by Gasteiger charge is -2.16. The molecule has 0 aliphatic rings. The summed E-state index contributed by atoms with van der Waals surface area (Å²) >= 11 is 0. The van der Waals surface area contributed by atoms with Crippen molar-refractivity contribution in [1.82, 2.24) is 14.5 Å². The van der Waals surface area contributed by atoms with Crippen LogP contribution in [0.5, 0.6) is 0 Å². The molecule has 0 saturated carbocycles. The normalized spacial score (nSPS) is 10.4. The molecule has 6 nitrogen and oxygen atoms in total. The van der Waals surface area contributed by atoms with Crippen LogP contribution in [0.2, 0.25) is 0 Å². The minimum atomic E-state index is -0.274. The SMILES string of the molecule is CCc1c(-c2cnccn2)cc(NC(C)=O)c(=O)n1CC. The van der Waals surface area contributed by atoms with E-state index >= 15 is 0 Å². The van der Waals surface area contributed by atoms with E-state index in [0.717, 1.165) is 11.3 Å². The first-order valence-electron chi connectivity index (χ1n) is 6.89. The van der Waals surface area contributed by atoms with Gasteiger partial charge in [-0.25, -0.2) is 0 Å². The summed E-state index contributed by atoms with van der Waals surface area (Å²) in [5.74, 6) is -0.274. The highest BCUT2D eigenvalue weighted by Gasteiger charge is 2.15. The zero-order valence-corrected chi connectivity index (χ0v) is 12.4. The van der Waals surface area contributed by atoms with E-state index in [0.29, 0.717) is 18.7 Å². The van der Waals surface area contributed by atoms with Crippen molar-refractivity contribution in [1.29, 1.82) is 0 Å². The lowest BCUT2D eigenvalue weighted by atomic mass is 10.1. The molecule has 0 fully saturated rings. The first-order valence-corrected chi connectivity index (χ1v) is 6.89. The van der Waals surface area contributed by atoms with Crippen molar-refractivity contribution in [2.45, 2.75) is 33.7 Å². The Morgan fingerprint density at radius 3 is 2.62 bits per heavy atom. The van der Waals surface area contributed by atoms with Gasteiger partial charge in [-0.15, -0.1) is 0 Å². The van der Waals surface area contributed by atoms with E-state index in [9.17, 15) is 9.59 Å². The molecule has 0 spiro atoms. The van der Waals surface area contributed by atoms with E-state index in [4.69, 9.17) is 0 Å². The number of pyridine rings is 1. The Kier molecular flexibility index (Phi) is 4.47. The first-order chi connectivity index (χ1) is 10.1. The molecular weight excluding hydrogens is 268 g/mol. The molecule has 110 valence electrons. The standard InChI is InChI=1S/C15H18N4O2/c1-4-14-11(13-9-16-6-7-17-13)8-12(18-10(3)20)15(21)19(14)5-2/h6-9H,4-5H2,1-3H3,(H,18,20). The van der Waals surface area contributed by atoms with Crippen molar-refractivity contribution in [3.8, 4) is 11.3 Å². The van der Waals surface area contributed by atoms with Crippen LogP contribution >= 0.6 is 0 Å². The molecule has 0 aliphatic heterocycles. The van der Waals surface area contributed by atoms with E-state index in [1.165, 1.54) is 6.92 Å². The van der Waals surface area contributed by atoms with E-state index < -0.39 is 0 Å². The molecule has 6 heteroatoms. The van der Waals surface area contributed by atoms with Gasteiger partial charge in [0.1, 0.15) is 5.69 Å². The third-order valence-electron chi connectivity index (χ3n) is 3.20. The second kappa shape index (κ2) is 6.30. The average molecular weight is 286 g/mol. The van der Waals surface area contributed by atoms with Crippen LogP contribution in [0.25, 0.3) is 11.3 Å². The Morgan fingerprint density at radius 1 is 1.33 bits per heavy atom. The van der Waals surface area contributed by atoms with Gasteiger partial charge in [-0.3, -0.25) is 19.6 Å². The number of amides is 1. The van der Waals surface area contributed by atoms with Crippen LogP contribution in [0.1, 0.15) is 26.5 Å². The summed E-state index contributed by atoms with van der Waals surface area (Å²) in [4.78, 5) is 32.1. The van der Waals surface area contributed by atoms with Crippen LogP contribution < -0.4 is 10.9 Å². The molecule has 1 amide bonds. The molecule has 2 rings (SSSR count). The summed E-state index contributed by atoms with van der Waals surface area (Å²) < 4.78 is 1.66. The van der Waals surface area contributed by atoms with Gasteiger partial charge in [0.2, 0.25) is 5.91 Å². The monoisotopic (exact) mass is 286 g/mol. The number of hydrogen-bond acceptors (Lipinski definition) is 4. The summed E-state index contributed by atoms with van der Waals surface area (Å²) in [6, 6.07) is 1.68. The van der Waals surface area contributed by atoms with Crippen molar-refractivity contribution < 1.29 is 4.79 Å². The fourth-order valence-corrected chi connectivity index (χ4v) is 2.36. The fourth-order valence-electron chi connectivity index (χ4n) is 2.36. The molecular formula is C15H18N4O2. The Balaban J connectivity index is 2.73. The molecule has 0 unspecified atom stereocenters. The zero-order valence-electron chi connectivity index (χ0n) is 12.4. The van der Waals surface area contributed by atoms with Crippen molar-refractivity contribution in [3.63, 3.8) is 0 Å². The Hall–Kier alpha value is -2.50. The Morgan fingerprint density at radius 2 is 2.10 bits per heavy atom. The summed E-state index contributed by atoms with van der Waals surface area (Å²) in [5.41, 5.74) is 2.45. The minimum absolute atomic E-state index is 0.197. The largest absolute Gasteiger partial charge is 0.322 e. The molecule has 2 aromatic heterocycles. The molecule has 0 bridgehead atoms. The third-order valence-corrected chi connectivity index (χ3v) is 3.20. The van der Waals surface area contributed by atoms with Gasteiger partial charge in [0.05, 0.1) is 11.9 Å². The van der Waals surface area contributed by atoms with Gasteiger partial charge in [0.15, 0.2) is 0 Å². The Labute approximate surface area is 122 Å². The number of hydrogen-bond donors (Lipinski definition) is 1. The summed E-state index contributed by atoms with van der Waals surface area (Å²) in [5, 5.41) is 2.59. The lowest BCUT2D eigenvalue weighted by Crippen LogP contribution is -2.27. The highest BCUT2D eigenvalue weighted by Crippen LogP contribution is 2.23. The molecule has 0 aliphatic carbocycles. The van der Waals surface area contributed by atoms with Gasteiger partial charge in [0.25, 0.3) is 5.56 Å². The first kappa shape index (κ1) is 14.9. The van der Waals surface area contributed by atoms with E-state index in [1.807, 2.05) is 13.8 Å². The molecule has 0 atom stereocenters. The van der Waals surface area contributed by atoms with E-state index in [-0.39, 0.29) is 17.2 Å². The van der Waals surface area contributed by atoms with Crippen molar-refractivity contribution in [2.75, 3.05) is 5.32 Å². The lowest BCUT2D eigenvalue weighted by molar-refractivity contribution is -0.114. The maximum Gasteiger partial charge on any atom is 0.274 e. The fraction of sp³-hybridized carbons (Fsp3) is 0.333. The number of aromatic nitrogens is 3. The highest BCUT2D eigenvalue weighted by molar-refractivity contribution is 5.89. The van der Waals surface area contributed by atoms with Gasteiger partial charge in [-0.05, 0) is 19.4 Å². The maximum absolute atomic E-state index is 12.4. The van der Waals surface area contributed by atoms with Crippen LogP contribution in [0.15, 0.2) is 29.5 Å². The number of carbonyl (C=O) groups is 1. The van der Waals surface area contributed by atoms with Gasteiger partial charge < -0.3 is 9.88 Å². The van der Waals surface area contributed by atoms with Crippen molar-refractivity contribution >= 4 is 11.6 Å². The van der Waals surface area contributed by atoms with E-state index in [2.05, 4.69) is 15.3 Å². The van der Waals surface area contributed by atoms with Crippen LogP contribution in [0.4, 0.5) is 5.69 Å². The van der Waals surface area contributed by atoms with E-state index in [1.54, 1.807) is 29.2 Å². The van der Waals surface area contributed by atoms with Crippen molar-refractivity contribution in [3.05, 3.63) is 40.7 Å². The number of carbonyl (C=O) groups excluding carboxylic acids is 1. The second-order valence-corrected chi connectivity index (χ2v) is 4.59. The topological polar surface area (TPSA) is 76.9 Å². The van der Waals surface area contributed by atoms with Gasteiger partial charge in [-0.2, -0.15) is 0 Å². The molecule has 21 heavy (non-hydrogen) atoms. The van der Waals surface area contributed by atoms with Crippen LogP contribution in [-0.4, -0.2) is 20.4 Å². The quantitative estimate of drug-likeness (QED) is 0.930. The molecule has 0 radical (unpaired) electrons. The van der Waals surface area contributed by atoms with Crippen LogP contribution in [-0.2, 0) is 17.8 Å². The molecule has 2 aromatic rings. The third kappa shape index (κ3) is 2.99. The zero-order chi connectivity index (χ0) is 15.4. The smallest absolute Gasteiger partial charge is 0.274 e. The Bertz CT molecular complexity index is 708. The highest BCUT2D eigenvalue weighted by atomic mass is 16.2. The number of rotatable bonds is 4. The number of nitrogens with zero attached hydrogens (tertiary/aromatic N) is 3. The van der Waals surface area contributed by atoms with Crippen molar-refractivity contribution in [2.24, 2.45) is 0 Å². The predicted octanol–water partition coefficient (Wildman–Crippen LogP) is 1.85. The number of anilines is 1. The molecule has 0 aromatic carbocycles. The molecule has 0 saturated heterocycles. The molecule has 1 N–H and O–H groups in total. The number of nitrogens with one attached hydrogen (secondary N) is 1. The predicted molar refractivity (Wildman–Crippen MR) is 81.1 cm³/mol. The molecule has 2 heterocycles. The van der Waals surface area contributed by atoms with Gasteiger partial charge in [-0.1, -0.05) is 6.92 Å². The van der Waals surface area contributed by atoms with Crippen LogP contribution in [0.3, 0.4) is 0 Å². The average Bonchev–Trinajstić information content (AvgIpc) is 2.49. The second-order valence-electron chi connectivity index (χ2n) is 4.59. The van der Waals surface area contributed by atoms with Gasteiger partial charge >= 0.3 is 0 Å². The summed E-state index contributed by atoms with van der Waals surface area (Å²) in [6.45, 7) is 5.80.